The van der Waals surface area contributed by atoms with E-state index in [-0.39, 0.29) is 5.82 Å². The third-order valence-corrected chi connectivity index (χ3v) is 2.71. The molecule has 0 atom stereocenters. The molecule has 0 fully saturated rings. The van der Waals surface area contributed by atoms with Crippen LogP contribution in [-0.4, -0.2) is 19.9 Å². The van der Waals surface area contributed by atoms with Crippen LogP contribution < -0.4 is 10.5 Å². The van der Waals surface area contributed by atoms with Crippen LogP contribution in [0.5, 0.6) is 0 Å². The zero-order chi connectivity index (χ0) is 12.7. The van der Waals surface area contributed by atoms with E-state index in [4.69, 9.17) is 5.73 Å². The topological polar surface area (TPSA) is 110 Å². The molecule has 8 nitrogen and oxygen atoms in total. The first-order valence-corrected chi connectivity index (χ1v) is 5.38. The van der Waals surface area contributed by atoms with E-state index < -0.39 is 0 Å². The van der Waals surface area contributed by atoms with Crippen molar-refractivity contribution in [1.29, 1.82) is 0 Å². The zero-order valence-corrected chi connectivity index (χ0v) is 9.57. The minimum atomic E-state index is 0.176. The molecule has 2 N–H and O–H groups in total. The van der Waals surface area contributed by atoms with Gasteiger partial charge in [-0.25, -0.2) is 9.61 Å². The molecule has 0 saturated heterocycles. The molecule has 3 heterocycles. The number of nitrogens with two attached hydrogens (primary N) is 1. The van der Waals surface area contributed by atoms with Gasteiger partial charge in [-0.05, 0) is 17.2 Å². The lowest BCUT2D eigenvalue weighted by Crippen LogP contribution is -2.24. The van der Waals surface area contributed by atoms with E-state index in [2.05, 4.69) is 19.9 Å². The monoisotopic (exact) mass is 246 g/mol. The highest BCUT2D eigenvalue weighted by molar-refractivity contribution is 5.80. The molecule has 0 aliphatic rings. The second kappa shape index (κ2) is 3.69. The van der Waals surface area contributed by atoms with Gasteiger partial charge in [0.25, 0.3) is 0 Å². The summed E-state index contributed by atoms with van der Waals surface area (Å²) in [4.78, 5) is 4.40. The minimum Gasteiger partial charge on any atom is -0.619 e. The minimum absolute atomic E-state index is 0.176. The van der Waals surface area contributed by atoms with Gasteiger partial charge in [0.2, 0.25) is 6.20 Å². The lowest BCUT2D eigenvalue weighted by atomic mass is 10.4. The summed E-state index contributed by atoms with van der Waals surface area (Å²) in [6, 6.07) is 1.64. The normalized spacial score (nSPS) is 11.2. The summed E-state index contributed by atoms with van der Waals surface area (Å²) in [6.45, 7) is 2.57. The summed E-state index contributed by atoms with van der Waals surface area (Å²) >= 11 is 0. The Hall–Kier alpha value is -2.64. The summed E-state index contributed by atoms with van der Waals surface area (Å²) in [5, 5.41) is 18.6. The number of imidazole rings is 1. The molecule has 0 spiro atoms. The number of aromatic nitrogens is 5. The summed E-state index contributed by atoms with van der Waals surface area (Å²) < 4.78 is 7.13. The smallest absolute Gasteiger partial charge is 0.206 e. The highest BCUT2D eigenvalue weighted by atomic mass is 16.6. The molecule has 0 bridgehead atoms. The molecule has 3 aromatic rings. The Bertz CT molecular complexity index is 716. The average molecular weight is 246 g/mol. The fraction of sp³-hybridized carbons (Fsp3) is 0.200. The quantitative estimate of drug-likeness (QED) is 0.515. The number of rotatable bonds is 2. The lowest BCUT2D eigenvalue weighted by molar-refractivity contribution is -0.604. The van der Waals surface area contributed by atoms with Crippen molar-refractivity contribution in [3.05, 3.63) is 23.7 Å². The van der Waals surface area contributed by atoms with Crippen LogP contribution in [0.15, 0.2) is 23.1 Å². The second-order valence-electron chi connectivity index (χ2n) is 3.75. The lowest BCUT2D eigenvalue weighted by Gasteiger charge is -2.02. The van der Waals surface area contributed by atoms with Crippen molar-refractivity contribution >= 4 is 16.9 Å². The largest absolute Gasteiger partial charge is 0.619 e. The first-order valence-electron chi connectivity index (χ1n) is 5.38. The van der Waals surface area contributed by atoms with Gasteiger partial charge in [-0.1, -0.05) is 0 Å². The first-order chi connectivity index (χ1) is 8.70. The van der Waals surface area contributed by atoms with Crippen molar-refractivity contribution in [2.75, 3.05) is 5.73 Å². The zero-order valence-electron chi connectivity index (χ0n) is 9.57. The van der Waals surface area contributed by atoms with Gasteiger partial charge < -0.3 is 15.5 Å². The summed E-state index contributed by atoms with van der Waals surface area (Å²) in [7, 11) is 0. The average Bonchev–Trinajstić information content (AvgIpc) is 2.91. The highest BCUT2D eigenvalue weighted by Crippen LogP contribution is 2.25. The molecular weight excluding hydrogens is 236 g/mol. The van der Waals surface area contributed by atoms with Crippen molar-refractivity contribution in [3.63, 3.8) is 0 Å². The van der Waals surface area contributed by atoms with Gasteiger partial charge in [0.05, 0.1) is 0 Å². The Kier molecular flexibility index (Phi) is 2.15. The van der Waals surface area contributed by atoms with Crippen molar-refractivity contribution < 1.29 is 9.36 Å². The van der Waals surface area contributed by atoms with Gasteiger partial charge in [0.15, 0.2) is 23.5 Å². The SMILES string of the molecule is CCn1c(-c2nonc2N)nc2cc[n+]([O-])cc21. The van der Waals surface area contributed by atoms with Crippen LogP contribution in [0, 0.1) is 5.21 Å². The number of hydrogen-bond donors (Lipinski definition) is 1. The van der Waals surface area contributed by atoms with Gasteiger partial charge in [-0.2, -0.15) is 4.73 Å². The number of aryl methyl sites for hydroxylation is 1. The van der Waals surface area contributed by atoms with Gasteiger partial charge >= 0.3 is 0 Å². The van der Waals surface area contributed by atoms with Crippen LogP contribution in [0.25, 0.3) is 22.6 Å². The number of anilines is 1. The van der Waals surface area contributed by atoms with Crippen molar-refractivity contribution in [3.8, 4) is 11.5 Å². The molecule has 0 unspecified atom stereocenters. The molecular formula is C10H10N6O2. The van der Waals surface area contributed by atoms with Crippen LogP contribution in [-0.2, 0) is 6.54 Å². The van der Waals surface area contributed by atoms with Crippen molar-refractivity contribution in [2.24, 2.45) is 0 Å². The Morgan fingerprint density at radius 2 is 2.33 bits per heavy atom. The van der Waals surface area contributed by atoms with Gasteiger partial charge in [0, 0.05) is 12.6 Å². The van der Waals surface area contributed by atoms with Crippen LogP contribution >= 0.6 is 0 Å². The molecule has 0 saturated carbocycles. The highest BCUT2D eigenvalue weighted by Gasteiger charge is 2.19. The van der Waals surface area contributed by atoms with E-state index in [0.29, 0.717) is 29.1 Å². The van der Waals surface area contributed by atoms with Crippen molar-refractivity contribution in [2.45, 2.75) is 13.5 Å². The molecule has 18 heavy (non-hydrogen) atoms. The fourth-order valence-corrected chi connectivity index (χ4v) is 1.90. The van der Waals surface area contributed by atoms with E-state index >= 15 is 0 Å². The molecule has 3 rings (SSSR count). The molecule has 8 heteroatoms. The Morgan fingerprint density at radius 1 is 1.50 bits per heavy atom. The molecule has 92 valence electrons. The Morgan fingerprint density at radius 3 is 3.00 bits per heavy atom. The first kappa shape index (κ1) is 10.5. The molecule has 0 aliphatic carbocycles. The Balaban J connectivity index is 2.33. The third-order valence-electron chi connectivity index (χ3n) is 2.71. The molecule has 0 aliphatic heterocycles. The van der Waals surface area contributed by atoms with Crippen molar-refractivity contribution in [1.82, 2.24) is 19.9 Å². The van der Waals surface area contributed by atoms with Gasteiger partial charge in [0.1, 0.15) is 11.0 Å². The summed E-state index contributed by atoms with van der Waals surface area (Å²) in [5.41, 5.74) is 7.45. The van der Waals surface area contributed by atoms with Gasteiger partial charge in [-0.3, -0.25) is 0 Å². The maximum atomic E-state index is 11.3. The number of fused-ring (bicyclic) bond motifs is 1. The van der Waals surface area contributed by atoms with Crippen LogP contribution in [0.2, 0.25) is 0 Å². The van der Waals surface area contributed by atoms with E-state index in [0.717, 1.165) is 4.73 Å². The predicted molar refractivity (Wildman–Crippen MR) is 62.1 cm³/mol. The van der Waals surface area contributed by atoms with Crippen LogP contribution in [0.1, 0.15) is 6.92 Å². The number of pyridine rings is 1. The summed E-state index contributed by atoms with van der Waals surface area (Å²) in [5.74, 6) is 0.715. The number of hydrogen-bond acceptors (Lipinski definition) is 6. The van der Waals surface area contributed by atoms with E-state index in [9.17, 15) is 5.21 Å². The second-order valence-corrected chi connectivity index (χ2v) is 3.75. The molecule has 0 aromatic carbocycles. The van der Waals surface area contributed by atoms with Crippen LogP contribution in [0.4, 0.5) is 5.82 Å². The maximum Gasteiger partial charge on any atom is 0.206 e. The predicted octanol–water partition coefficient (Wildman–Crippen LogP) is 0.322. The standard InChI is InChI=1S/C10H10N6O2/c1-2-16-7-5-15(17)4-3-6(7)12-10(16)8-9(11)14-18-13-8/h3-5H,2H2,1H3,(H2,11,14). The summed E-state index contributed by atoms with van der Waals surface area (Å²) in [6.07, 6.45) is 2.85. The Labute approximate surface area is 101 Å². The number of nitrogen functional groups attached to an aromatic ring is 1. The van der Waals surface area contributed by atoms with E-state index in [1.54, 1.807) is 6.07 Å². The fourth-order valence-electron chi connectivity index (χ4n) is 1.90. The number of nitrogens with zero attached hydrogens (tertiary/aromatic N) is 5. The molecule has 0 radical (unpaired) electrons. The molecule has 3 aromatic heterocycles. The van der Waals surface area contributed by atoms with Gasteiger partial charge in [-0.15, -0.1) is 0 Å². The molecule has 0 amide bonds. The van der Waals surface area contributed by atoms with E-state index in [1.165, 1.54) is 12.4 Å². The van der Waals surface area contributed by atoms with E-state index in [1.807, 2.05) is 11.5 Å². The third kappa shape index (κ3) is 1.39. The van der Waals surface area contributed by atoms with Crippen LogP contribution in [0.3, 0.4) is 0 Å². The maximum absolute atomic E-state index is 11.3.